The fraction of sp³-hybridized carbons (Fsp3) is 0.222. The maximum atomic E-state index is 11.1. The molecule has 0 aliphatic heterocycles. The average Bonchev–Trinajstić information content (AvgIpc) is 2.24. The third-order valence-corrected chi connectivity index (χ3v) is 3.94. The van der Waals surface area contributed by atoms with Gasteiger partial charge in [0.1, 0.15) is 0 Å². The summed E-state index contributed by atoms with van der Waals surface area (Å²) in [6.45, 7) is -0.367. The molecule has 0 fully saturated rings. The van der Waals surface area contributed by atoms with Crippen LogP contribution in [0.2, 0.25) is 0 Å². The summed E-state index contributed by atoms with van der Waals surface area (Å²) in [5, 5.41) is 11.0. The Morgan fingerprint density at radius 3 is 2.59 bits per heavy atom. The van der Waals surface area contributed by atoms with Gasteiger partial charge in [0.05, 0.1) is 0 Å². The number of carbonyl (C=O) groups is 1. The number of hydrogen-bond acceptors (Lipinski definition) is 4. The first kappa shape index (κ1) is 13.6. The molecule has 0 spiro atoms. The normalized spacial score (nSPS) is 11.0. The van der Waals surface area contributed by atoms with Crippen LogP contribution < -0.4 is 14.4 Å². The van der Waals surface area contributed by atoms with Crippen molar-refractivity contribution in [3.63, 3.8) is 0 Å². The molecule has 0 amide bonds. The first-order valence-electron chi connectivity index (χ1n) is 4.54. The Morgan fingerprint density at radius 2 is 2.12 bits per heavy atom. The quantitative estimate of drug-likeness (QED) is 0.502. The molecule has 0 saturated carbocycles. The van der Waals surface area contributed by atoms with Crippen molar-refractivity contribution in [3.05, 3.63) is 18.2 Å². The molecule has 0 bridgehead atoms. The number of aliphatic carboxylic acids is 1. The van der Waals surface area contributed by atoms with Crippen molar-refractivity contribution in [3.8, 4) is 5.75 Å². The van der Waals surface area contributed by atoms with Crippen LogP contribution in [-0.4, -0.2) is 47.1 Å². The number of benzene rings is 1. The van der Waals surface area contributed by atoms with Crippen molar-refractivity contribution in [1.82, 2.24) is 0 Å². The summed E-state index contributed by atoms with van der Waals surface area (Å²) < 4.78 is 34.0. The fourth-order valence-electron chi connectivity index (χ4n) is 1.19. The molecule has 0 aliphatic carbocycles. The SMILES string of the molecule is COc1ccc([As](=O)(O)O)cc1NCC(=O)O. The molecule has 1 aromatic rings. The van der Waals surface area contributed by atoms with E-state index in [0.29, 0.717) is 5.75 Å². The zero-order valence-electron chi connectivity index (χ0n) is 8.95. The Hall–Kier alpha value is -1.43. The number of carboxylic acid groups (broad SMARTS) is 1. The van der Waals surface area contributed by atoms with Crippen LogP contribution in [0.25, 0.3) is 0 Å². The third-order valence-electron chi connectivity index (χ3n) is 1.95. The summed E-state index contributed by atoms with van der Waals surface area (Å²) in [4.78, 5) is 10.4. The summed E-state index contributed by atoms with van der Waals surface area (Å²) in [6, 6.07) is 3.83. The summed E-state index contributed by atoms with van der Waals surface area (Å²) in [6.07, 6.45) is 0. The van der Waals surface area contributed by atoms with Crippen molar-refractivity contribution >= 4 is 30.2 Å². The van der Waals surface area contributed by atoms with Gasteiger partial charge in [0, 0.05) is 0 Å². The molecule has 0 saturated heterocycles. The van der Waals surface area contributed by atoms with Crippen molar-refractivity contribution in [2.45, 2.75) is 0 Å². The monoisotopic (exact) mass is 305 g/mol. The predicted octanol–water partition coefficient (Wildman–Crippen LogP) is -1.25. The first-order chi connectivity index (χ1) is 7.84. The van der Waals surface area contributed by atoms with Crippen LogP contribution in [0.3, 0.4) is 0 Å². The van der Waals surface area contributed by atoms with E-state index in [1.807, 2.05) is 0 Å². The number of rotatable bonds is 5. The molecule has 0 unspecified atom stereocenters. The minimum absolute atomic E-state index is 0.142. The molecule has 0 heterocycles. The Labute approximate surface area is 100 Å². The second kappa shape index (κ2) is 5.27. The molecule has 1 aromatic carbocycles. The van der Waals surface area contributed by atoms with Gasteiger partial charge in [0.25, 0.3) is 0 Å². The zero-order valence-corrected chi connectivity index (χ0v) is 10.8. The molecule has 0 atom stereocenters. The van der Waals surface area contributed by atoms with Gasteiger partial charge in [0.15, 0.2) is 0 Å². The van der Waals surface area contributed by atoms with Gasteiger partial charge in [-0.05, 0) is 0 Å². The molecule has 0 aliphatic rings. The van der Waals surface area contributed by atoms with Gasteiger partial charge in [-0.1, -0.05) is 0 Å². The second-order valence-corrected chi connectivity index (χ2v) is 6.54. The van der Waals surface area contributed by atoms with E-state index in [2.05, 4.69) is 5.32 Å². The van der Waals surface area contributed by atoms with Gasteiger partial charge in [-0.3, -0.25) is 0 Å². The van der Waals surface area contributed by atoms with Crippen LogP contribution in [0.1, 0.15) is 0 Å². The van der Waals surface area contributed by atoms with Gasteiger partial charge < -0.3 is 0 Å². The van der Waals surface area contributed by atoms with E-state index in [1.54, 1.807) is 0 Å². The Kier molecular flexibility index (Phi) is 4.22. The fourth-order valence-corrected chi connectivity index (χ4v) is 2.37. The Morgan fingerprint density at radius 1 is 1.47 bits per heavy atom. The van der Waals surface area contributed by atoms with Crippen molar-refractivity contribution < 1.29 is 26.6 Å². The van der Waals surface area contributed by atoms with Gasteiger partial charge in [-0.15, -0.1) is 0 Å². The molecular weight excluding hydrogens is 293 g/mol. The number of methoxy groups -OCH3 is 1. The molecule has 1 rings (SSSR count). The number of nitrogens with one attached hydrogen (secondary N) is 1. The van der Waals surface area contributed by atoms with E-state index in [9.17, 15) is 8.53 Å². The summed E-state index contributed by atoms with van der Waals surface area (Å²) in [5.41, 5.74) is 0.233. The number of anilines is 1. The topological polar surface area (TPSA) is 116 Å². The van der Waals surface area contributed by atoms with Crippen molar-refractivity contribution in [2.75, 3.05) is 19.0 Å². The number of ether oxygens (including phenoxy) is 1. The summed E-state index contributed by atoms with van der Waals surface area (Å²) >= 11 is -4.99. The van der Waals surface area contributed by atoms with E-state index in [4.69, 9.17) is 18.0 Å². The van der Waals surface area contributed by atoms with Crippen LogP contribution in [0.15, 0.2) is 18.2 Å². The molecule has 94 valence electrons. The molecule has 0 radical (unpaired) electrons. The van der Waals surface area contributed by atoms with Gasteiger partial charge in [-0.2, -0.15) is 0 Å². The van der Waals surface area contributed by atoms with E-state index < -0.39 is 20.1 Å². The molecular formula is C9H12AsNO6. The maximum absolute atomic E-state index is 11.1. The molecule has 17 heavy (non-hydrogen) atoms. The molecule has 8 heteroatoms. The van der Waals surface area contributed by atoms with Crippen molar-refractivity contribution in [1.29, 1.82) is 0 Å². The predicted molar refractivity (Wildman–Crippen MR) is 59.6 cm³/mol. The molecule has 0 aromatic heterocycles. The van der Waals surface area contributed by atoms with Crippen LogP contribution in [0.5, 0.6) is 5.75 Å². The molecule has 4 N–H and O–H groups in total. The summed E-state index contributed by atoms with van der Waals surface area (Å²) in [7, 11) is 1.38. The van der Waals surface area contributed by atoms with Gasteiger partial charge >= 0.3 is 99.7 Å². The third kappa shape index (κ3) is 3.81. The van der Waals surface area contributed by atoms with E-state index in [1.165, 1.54) is 25.3 Å². The van der Waals surface area contributed by atoms with Crippen LogP contribution in [0, 0.1) is 0 Å². The standard InChI is InChI=1S/C9H12AsNO6/c1-17-8-3-2-6(10(14,15)16)4-7(8)11-5-9(12)13/h2-4,11H,5H2,1H3,(H,12,13)(H2,14,15,16). The van der Waals surface area contributed by atoms with Crippen molar-refractivity contribution in [2.24, 2.45) is 0 Å². The number of hydrogen-bond donors (Lipinski definition) is 4. The average molecular weight is 305 g/mol. The van der Waals surface area contributed by atoms with Crippen LogP contribution >= 0.6 is 0 Å². The second-order valence-electron chi connectivity index (χ2n) is 3.18. The van der Waals surface area contributed by atoms with E-state index >= 15 is 0 Å². The molecule has 7 nitrogen and oxygen atoms in total. The Bertz CT molecular complexity index is 469. The first-order valence-corrected chi connectivity index (χ1v) is 7.92. The van der Waals surface area contributed by atoms with Gasteiger partial charge in [-0.25, -0.2) is 0 Å². The van der Waals surface area contributed by atoms with Gasteiger partial charge in [0.2, 0.25) is 0 Å². The van der Waals surface area contributed by atoms with E-state index in [0.717, 1.165) is 0 Å². The number of carboxylic acids is 1. The Balaban J connectivity index is 3.06. The zero-order chi connectivity index (χ0) is 13.1. The van der Waals surface area contributed by atoms with Crippen LogP contribution in [-0.2, 0) is 8.53 Å². The minimum atomic E-state index is -4.99. The van der Waals surface area contributed by atoms with Crippen LogP contribution in [0.4, 0.5) is 5.69 Å². The van der Waals surface area contributed by atoms with E-state index in [-0.39, 0.29) is 16.6 Å². The summed E-state index contributed by atoms with van der Waals surface area (Å²) in [5.74, 6) is -0.766.